The lowest BCUT2D eigenvalue weighted by Gasteiger charge is -2.25. The maximum Gasteiger partial charge on any atom is 0.135 e. The van der Waals surface area contributed by atoms with Gasteiger partial charge in [-0.3, -0.25) is 4.98 Å². The molecule has 0 amide bonds. The molecule has 0 aliphatic carbocycles. The van der Waals surface area contributed by atoms with E-state index in [-0.39, 0.29) is 5.92 Å². The summed E-state index contributed by atoms with van der Waals surface area (Å²) < 4.78 is 11.2. The van der Waals surface area contributed by atoms with Crippen LogP contribution in [-0.2, 0) is 6.42 Å². The van der Waals surface area contributed by atoms with E-state index in [2.05, 4.69) is 175 Å². The Bertz CT molecular complexity index is 3270. The average Bonchev–Trinajstić information content (AvgIpc) is 3.90. The summed E-state index contributed by atoms with van der Waals surface area (Å²) >= 11 is 0. The van der Waals surface area contributed by atoms with E-state index in [1.165, 1.54) is 77.1 Å². The molecule has 0 spiro atoms. The summed E-state index contributed by atoms with van der Waals surface area (Å²) in [6, 6.07) is 57.1. The van der Waals surface area contributed by atoms with Crippen LogP contribution in [0.1, 0.15) is 37.8 Å². The Morgan fingerprint density at radius 1 is 0.536 bits per heavy atom. The minimum absolute atomic E-state index is 0.241. The number of benzene rings is 7. The Labute approximate surface area is 324 Å². The molecule has 0 radical (unpaired) electrons. The summed E-state index contributed by atoms with van der Waals surface area (Å²) in [5, 5.41) is 7.24. The second kappa shape index (κ2) is 12.6. The number of hydrogen-bond donors (Lipinski definition) is 0. The number of hydrogen-bond acceptors (Lipinski definition) is 2. The molecule has 0 unspecified atom stereocenters. The van der Waals surface area contributed by atoms with Crippen LogP contribution < -0.4 is 0 Å². The molecule has 56 heavy (non-hydrogen) atoms. The first-order valence-electron chi connectivity index (χ1n) is 19.6. The van der Waals surface area contributed by atoms with Crippen LogP contribution in [0.4, 0.5) is 0 Å². The zero-order valence-corrected chi connectivity index (χ0v) is 31.6. The van der Waals surface area contributed by atoms with Crippen LogP contribution in [0.3, 0.4) is 0 Å². The highest BCUT2D eigenvalue weighted by atomic mass is 16.3. The van der Waals surface area contributed by atoms with E-state index < -0.39 is 0 Å². The number of furan rings is 1. The second-order valence-electron chi connectivity index (χ2n) is 15.2. The van der Waals surface area contributed by atoms with Gasteiger partial charge < -0.3 is 13.6 Å². The molecular formula is C52H39N3O. The van der Waals surface area contributed by atoms with Crippen molar-refractivity contribution in [3.8, 4) is 33.8 Å². The summed E-state index contributed by atoms with van der Waals surface area (Å²) in [4.78, 5) is 5.03. The normalized spacial score (nSPS) is 12.1. The van der Waals surface area contributed by atoms with Crippen LogP contribution in [0.2, 0.25) is 0 Å². The third kappa shape index (κ3) is 4.75. The van der Waals surface area contributed by atoms with Crippen molar-refractivity contribution in [1.29, 1.82) is 0 Å². The topological polar surface area (TPSA) is 35.9 Å². The predicted octanol–water partition coefficient (Wildman–Crippen LogP) is 14.2. The van der Waals surface area contributed by atoms with Crippen molar-refractivity contribution in [2.45, 2.75) is 33.1 Å². The summed E-state index contributed by atoms with van der Waals surface area (Å²) in [7, 11) is 0. The SMILES string of the molecule is CCc1c(-n2c3ccccc3c3cc(-n4c5ccccc5c5ccccc54)ccc32)cc(-c2ccc3oc4ccccc4c3c2)c(C(C)C)c1-c1ccccn1. The molecule has 0 N–H and O–H groups in total. The molecule has 11 rings (SSSR count). The third-order valence-electron chi connectivity index (χ3n) is 11.7. The van der Waals surface area contributed by atoms with Gasteiger partial charge in [-0.2, -0.15) is 0 Å². The first kappa shape index (κ1) is 32.5. The van der Waals surface area contributed by atoms with Gasteiger partial charge in [-0.15, -0.1) is 0 Å². The lowest BCUT2D eigenvalue weighted by Crippen LogP contribution is -2.08. The van der Waals surface area contributed by atoms with Crippen molar-refractivity contribution < 1.29 is 4.42 Å². The van der Waals surface area contributed by atoms with Crippen LogP contribution in [0.25, 0.3) is 99.3 Å². The molecule has 11 aromatic rings. The predicted molar refractivity (Wildman–Crippen MR) is 235 cm³/mol. The molecule has 0 fully saturated rings. The minimum Gasteiger partial charge on any atom is -0.456 e. The molecule has 4 heterocycles. The molecule has 268 valence electrons. The van der Waals surface area contributed by atoms with Gasteiger partial charge in [0.15, 0.2) is 0 Å². The van der Waals surface area contributed by atoms with Crippen molar-refractivity contribution in [2.24, 2.45) is 0 Å². The van der Waals surface area contributed by atoms with Crippen LogP contribution in [0.5, 0.6) is 0 Å². The molecule has 0 atom stereocenters. The molecule has 4 heteroatoms. The lowest BCUT2D eigenvalue weighted by molar-refractivity contribution is 0.669. The Morgan fingerprint density at radius 3 is 1.82 bits per heavy atom. The van der Waals surface area contributed by atoms with E-state index >= 15 is 0 Å². The van der Waals surface area contributed by atoms with Gasteiger partial charge in [0, 0.05) is 49.8 Å². The summed E-state index contributed by atoms with van der Waals surface area (Å²) in [5.74, 6) is 0.241. The Hall–Kier alpha value is -6.91. The second-order valence-corrected chi connectivity index (χ2v) is 15.2. The number of rotatable bonds is 6. The summed E-state index contributed by atoms with van der Waals surface area (Å²) in [5.41, 5.74) is 16.1. The molecule has 0 saturated carbocycles. The highest BCUT2D eigenvalue weighted by molar-refractivity contribution is 6.13. The molecule has 4 nitrogen and oxygen atoms in total. The first-order valence-corrected chi connectivity index (χ1v) is 19.6. The number of nitrogens with zero attached hydrogens (tertiary/aromatic N) is 3. The fourth-order valence-electron chi connectivity index (χ4n) is 9.38. The van der Waals surface area contributed by atoms with E-state index in [0.717, 1.165) is 39.7 Å². The molecule has 0 aliphatic heterocycles. The molecule has 4 aromatic heterocycles. The highest BCUT2D eigenvalue weighted by Crippen LogP contribution is 2.46. The van der Waals surface area contributed by atoms with Gasteiger partial charge in [-0.05, 0) is 107 Å². The van der Waals surface area contributed by atoms with Crippen molar-refractivity contribution in [1.82, 2.24) is 14.1 Å². The number of aromatic nitrogens is 3. The van der Waals surface area contributed by atoms with E-state index in [1.54, 1.807) is 0 Å². The maximum atomic E-state index is 6.30. The van der Waals surface area contributed by atoms with Gasteiger partial charge in [0.1, 0.15) is 11.2 Å². The van der Waals surface area contributed by atoms with Gasteiger partial charge in [0.2, 0.25) is 0 Å². The van der Waals surface area contributed by atoms with E-state index in [4.69, 9.17) is 9.40 Å². The number of fused-ring (bicyclic) bond motifs is 9. The molecular weight excluding hydrogens is 683 g/mol. The molecule has 0 bridgehead atoms. The van der Waals surface area contributed by atoms with Crippen molar-refractivity contribution in [3.05, 3.63) is 175 Å². The largest absolute Gasteiger partial charge is 0.456 e. The smallest absolute Gasteiger partial charge is 0.135 e. The van der Waals surface area contributed by atoms with Crippen molar-refractivity contribution in [2.75, 3.05) is 0 Å². The van der Waals surface area contributed by atoms with Gasteiger partial charge >= 0.3 is 0 Å². The Kier molecular flexibility index (Phi) is 7.30. The van der Waals surface area contributed by atoms with Gasteiger partial charge in [-0.1, -0.05) is 106 Å². The van der Waals surface area contributed by atoms with E-state index in [1.807, 2.05) is 18.3 Å². The standard InChI is InChI=1S/C52H39N3O/c1-4-35-48(31-40(51(32(2)3)52(35)43-19-13-14-28-53-43)33-24-27-50-42(29-33)39-18-8-12-23-49(39)56-50)55-46-22-11-7-17-38(46)41-30-34(25-26-47(41)55)54-44-20-9-5-15-36(44)37-16-6-10-21-45(37)54/h5-32H,4H2,1-3H3. The van der Waals surface area contributed by atoms with Gasteiger partial charge in [0.25, 0.3) is 0 Å². The van der Waals surface area contributed by atoms with E-state index in [0.29, 0.717) is 0 Å². The zero-order chi connectivity index (χ0) is 37.5. The Morgan fingerprint density at radius 2 is 1.14 bits per heavy atom. The molecule has 0 saturated heterocycles. The first-order chi connectivity index (χ1) is 27.6. The van der Waals surface area contributed by atoms with Gasteiger partial charge in [0.05, 0.1) is 33.4 Å². The lowest BCUT2D eigenvalue weighted by atomic mass is 9.82. The van der Waals surface area contributed by atoms with Crippen LogP contribution in [-0.4, -0.2) is 14.1 Å². The summed E-state index contributed by atoms with van der Waals surface area (Å²) in [6.07, 6.45) is 2.77. The molecule has 0 aliphatic rings. The highest BCUT2D eigenvalue weighted by Gasteiger charge is 2.26. The Balaban J connectivity index is 1.23. The minimum atomic E-state index is 0.241. The average molecular weight is 722 g/mol. The van der Waals surface area contributed by atoms with E-state index in [9.17, 15) is 0 Å². The van der Waals surface area contributed by atoms with Crippen molar-refractivity contribution in [3.63, 3.8) is 0 Å². The number of pyridine rings is 1. The quantitative estimate of drug-likeness (QED) is 0.171. The summed E-state index contributed by atoms with van der Waals surface area (Å²) in [6.45, 7) is 6.91. The van der Waals surface area contributed by atoms with Crippen molar-refractivity contribution >= 4 is 65.6 Å². The van der Waals surface area contributed by atoms with Gasteiger partial charge in [-0.25, -0.2) is 0 Å². The third-order valence-corrected chi connectivity index (χ3v) is 11.7. The maximum absolute atomic E-state index is 6.30. The fraction of sp³-hybridized carbons (Fsp3) is 0.0962. The monoisotopic (exact) mass is 721 g/mol. The number of para-hydroxylation sites is 4. The fourth-order valence-corrected chi connectivity index (χ4v) is 9.38. The zero-order valence-electron chi connectivity index (χ0n) is 31.6. The van der Waals surface area contributed by atoms with Crippen LogP contribution in [0.15, 0.2) is 168 Å². The van der Waals surface area contributed by atoms with Crippen LogP contribution in [0, 0.1) is 0 Å². The molecule has 7 aromatic carbocycles. The van der Waals surface area contributed by atoms with Crippen LogP contribution >= 0.6 is 0 Å².